The first-order valence-corrected chi connectivity index (χ1v) is 11.5. The second kappa shape index (κ2) is 11.7. The second-order valence-electron chi connectivity index (χ2n) is 8.62. The van der Waals surface area contributed by atoms with Gasteiger partial charge in [0.25, 0.3) is 0 Å². The Bertz CT molecular complexity index is 1070. The summed E-state index contributed by atoms with van der Waals surface area (Å²) in [4.78, 5) is 14.9. The van der Waals surface area contributed by atoms with Gasteiger partial charge in [-0.3, -0.25) is 4.79 Å². The van der Waals surface area contributed by atoms with Gasteiger partial charge in [-0.15, -0.1) is 0 Å². The minimum absolute atomic E-state index is 0.139. The lowest BCUT2D eigenvalue weighted by Crippen LogP contribution is -2.17. The Labute approximate surface area is 203 Å². The van der Waals surface area contributed by atoms with E-state index in [1.54, 1.807) is 18.2 Å². The molecule has 0 amide bonds. The number of allylic oxidation sites excluding steroid dienone is 3. The summed E-state index contributed by atoms with van der Waals surface area (Å²) in [6.07, 6.45) is 6.21. The van der Waals surface area contributed by atoms with E-state index in [1.165, 1.54) is 18.7 Å². The summed E-state index contributed by atoms with van der Waals surface area (Å²) >= 11 is 0. The van der Waals surface area contributed by atoms with Gasteiger partial charge in [0.2, 0.25) is 0 Å². The van der Waals surface area contributed by atoms with Crippen molar-refractivity contribution in [2.75, 3.05) is 12.4 Å². The van der Waals surface area contributed by atoms with Crippen LogP contribution in [-0.4, -0.2) is 18.1 Å². The van der Waals surface area contributed by atoms with Crippen molar-refractivity contribution < 1.29 is 22.7 Å². The number of aromatic nitrogens is 1. The average Bonchev–Trinajstić information content (AvgIpc) is 2.86. The number of nitrogens with zero attached hydrogens (tertiary/aromatic N) is 1. The fourth-order valence-electron chi connectivity index (χ4n) is 4.21. The summed E-state index contributed by atoms with van der Waals surface area (Å²) in [5, 5.41) is 2.97. The molecule has 186 valence electrons. The molecule has 1 aromatic carbocycles. The van der Waals surface area contributed by atoms with Crippen LogP contribution in [0.2, 0.25) is 0 Å². The fraction of sp³-hybridized carbons (Fsp3) is 0.333. The number of pyridine rings is 1. The van der Waals surface area contributed by atoms with Crippen molar-refractivity contribution in [3.8, 4) is 0 Å². The average molecular weight is 486 g/mol. The van der Waals surface area contributed by atoms with Crippen LogP contribution in [0.3, 0.4) is 0 Å². The Kier molecular flexibility index (Phi) is 8.73. The summed E-state index contributed by atoms with van der Waals surface area (Å²) in [6, 6.07) is 10.4. The highest BCUT2D eigenvalue weighted by Gasteiger charge is 2.32. The molecule has 1 aromatic heterocycles. The molecule has 0 bridgehead atoms. The maximum absolute atomic E-state index is 12.7. The SMILES string of the molecule is C=C/C(=C\C=C(/N)c1ccc(C2CCC(CC(=O)OC)CC2)cc1)Nc1ccc(C(F)(F)F)nc1. The quantitative estimate of drug-likeness (QED) is 0.333. The molecule has 0 unspecified atom stereocenters. The first kappa shape index (κ1) is 26.1. The zero-order valence-corrected chi connectivity index (χ0v) is 19.6. The lowest BCUT2D eigenvalue weighted by molar-refractivity contribution is -0.142. The Morgan fingerprint density at radius 2 is 1.83 bits per heavy atom. The first-order chi connectivity index (χ1) is 16.7. The van der Waals surface area contributed by atoms with Crippen LogP contribution in [0, 0.1) is 5.92 Å². The van der Waals surface area contributed by atoms with E-state index in [0.717, 1.165) is 43.5 Å². The number of carbonyl (C=O) groups excluding carboxylic acids is 1. The van der Waals surface area contributed by atoms with E-state index in [1.807, 2.05) is 12.1 Å². The highest BCUT2D eigenvalue weighted by Crippen LogP contribution is 2.37. The van der Waals surface area contributed by atoms with Crippen molar-refractivity contribution in [3.05, 3.63) is 89.9 Å². The minimum atomic E-state index is -4.48. The van der Waals surface area contributed by atoms with Crippen LogP contribution in [0.1, 0.15) is 54.8 Å². The van der Waals surface area contributed by atoms with Gasteiger partial charge in [-0.05, 0) is 79.0 Å². The van der Waals surface area contributed by atoms with Crippen LogP contribution in [-0.2, 0) is 15.7 Å². The number of halogens is 3. The Morgan fingerprint density at radius 1 is 1.14 bits per heavy atom. The molecule has 1 heterocycles. The lowest BCUT2D eigenvalue weighted by atomic mass is 9.77. The van der Waals surface area contributed by atoms with E-state index >= 15 is 0 Å². The van der Waals surface area contributed by atoms with Crippen LogP contribution >= 0.6 is 0 Å². The molecule has 3 rings (SSSR count). The third kappa shape index (κ3) is 7.47. The predicted octanol–water partition coefficient (Wildman–Crippen LogP) is 6.42. The number of nitrogens with two attached hydrogens (primary N) is 1. The van der Waals surface area contributed by atoms with E-state index in [2.05, 4.69) is 29.0 Å². The summed E-state index contributed by atoms with van der Waals surface area (Å²) < 4.78 is 42.8. The van der Waals surface area contributed by atoms with Gasteiger partial charge in [0.1, 0.15) is 5.69 Å². The molecule has 35 heavy (non-hydrogen) atoms. The first-order valence-electron chi connectivity index (χ1n) is 11.5. The Morgan fingerprint density at radius 3 is 2.37 bits per heavy atom. The zero-order chi connectivity index (χ0) is 25.4. The maximum Gasteiger partial charge on any atom is 0.433 e. The van der Waals surface area contributed by atoms with E-state index in [4.69, 9.17) is 10.5 Å². The second-order valence-corrected chi connectivity index (χ2v) is 8.62. The largest absolute Gasteiger partial charge is 0.469 e. The fourth-order valence-corrected chi connectivity index (χ4v) is 4.21. The van der Waals surface area contributed by atoms with Gasteiger partial charge in [-0.1, -0.05) is 30.8 Å². The molecule has 2 aromatic rings. The van der Waals surface area contributed by atoms with Crippen LogP contribution < -0.4 is 11.1 Å². The molecule has 1 fully saturated rings. The molecule has 5 nitrogen and oxygen atoms in total. The number of nitrogens with one attached hydrogen (secondary N) is 1. The van der Waals surface area contributed by atoms with Crippen LogP contribution in [0.5, 0.6) is 0 Å². The molecule has 1 aliphatic rings. The van der Waals surface area contributed by atoms with Crippen molar-refractivity contribution >= 4 is 17.4 Å². The van der Waals surface area contributed by atoms with Crippen molar-refractivity contribution in [3.63, 3.8) is 0 Å². The standard InChI is InChI=1S/C27H30F3N3O2/c1-3-22(33-23-13-15-25(32-17-23)27(28,29)30)12-14-24(31)21-10-8-20(9-11-21)19-6-4-18(5-7-19)16-26(34)35-2/h3,8-15,17-19,33H,1,4-7,16,31H2,2H3/b22-12+,24-14-. The highest BCUT2D eigenvalue weighted by atomic mass is 19.4. The number of methoxy groups -OCH3 is 1. The number of hydrogen-bond acceptors (Lipinski definition) is 5. The maximum atomic E-state index is 12.7. The molecule has 1 saturated carbocycles. The van der Waals surface area contributed by atoms with Crippen LogP contribution in [0.25, 0.3) is 5.70 Å². The summed E-state index contributed by atoms with van der Waals surface area (Å²) in [5.74, 6) is 0.728. The molecule has 0 atom stereocenters. The number of ether oxygens (including phenoxy) is 1. The number of carbonyl (C=O) groups is 1. The Balaban J connectivity index is 1.59. The van der Waals surface area contributed by atoms with Crippen molar-refractivity contribution in [2.45, 2.75) is 44.2 Å². The third-order valence-corrected chi connectivity index (χ3v) is 6.25. The van der Waals surface area contributed by atoms with Crippen molar-refractivity contribution in [1.82, 2.24) is 4.98 Å². The molecule has 0 saturated heterocycles. The number of rotatable bonds is 8. The van der Waals surface area contributed by atoms with E-state index in [0.29, 0.717) is 35.3 Å². The van der Waals surface area contributed by atoms with Crippen LogP contribution in [0.15, 0.2) is 73.1 Å². The smallest absolute Gasteiger partial charge is 0.433 e. The van der Waals surface area contributed by atoms with Gasteiger partial charge < -0.3 is 15.8 Å². The molecule has 8 heteroatoms. The molecule has 0 spiro atoms. The molecular weight excluding hydrogens is 455 g/mol. The molecular formula is C27H30F3N3O2. The van der Waals surface area contributed by atoms with E-state index < -0.39 is 11.9 Å². The van der Waals surface area contributed by atoms with Crippen LogP contribution in [0.4, 0.5) is 18.9 Å². The van der Waals surface area contributed by atoms with Crippen molar-refractivity contribution in [1.29, 1.82) is 0 Å². The van der Waals surface area contributed by atoms with Gasteiger partial charge >= 0.3 is 12.1 Å². The number of alkyl halides is 3. The molecule has 0 aliphatic heterocycles. The third-order valence-electron chi connectivity index (χ3n) is 6.25. The number of esters is 1. The molecule has 3 N–H and O–H groups in total. The van der Waals surface area contributed by atoms with Crippen molar-refractivity contribution in [2.24, 2.45) is 11.7 Å². The van der Waals surface area contributed by atoms with Gasteiger partial charge in [0, 0.05) is 17.8 Å². The summed E-state index contributed by atoms with van der Waals surface area (Å²) in [6.45, 7) is 3.73. The van der Waals surface area contributed by atoms with Gasteiger partial charge in [-0.2, -0.15) is 13.2 Å². The summed E-state index contributed by atoms with van der Waals surface area (Å²) in [5.41, 5.74) is 8.93. The number of anilines is 1. The van der Waals surface area contributed by atoms with Gasteiger partial charge in [-0.25, -0.2) is 4.98 Å². The summed E-state index contributed by atoms with van der Waals surface area (Å²) in [7, 11) is 1.43. The highest BCUT2D eigenvalue weighted by molar-refractivity contribution is 5.69. The normalized spacial score (nSPS) is 19.2. The number of hydrogen-bond donors (Lipinski definition) is 2. The number of benzene rings is 1. The van der Waals surface area contributed by atoms with Gasteiger partial charge in [0.15, 0.2) is 0 Å². The van der Waals surface area contributed by atoms with E-state index in [9.17, 15) is 18.0 Å². The zero-order valence-electron chi connectivity index (χ0n) is 19.6. The Hall–Kier alpha value is -3.55. The topological polar surface area (TPSA) is 77.2 Å². The predicted molar refractivity (Wildman–Crippen MR) is 131 cm³/mol. The molecule has 0 radical (unpaired) electrons. The monoisotopic (exact) mass is 485 g/mol. The van der Waals surface area contributed by atoms with E-state index in [-0.39, 0.29) is 5.97 Å². The van der Waals surface area contributed by atoms with Gasteiger partial charge in [0.05, 0.1) is 19.0 Å². The minimum Gasteiger partial charge on any atom is -0.469 e. The lowest BCUT2D eigenvalue weighted by Gasteiger charge is -2.28. The molecule has 1 aliphatic carbocycles.